The van der Waals surface area contributed by atoms with E-state index in [1.165, 1.54) is 6.42 Å². The van der Waals surface area contributed by atoms with Gasteiger partial charge in [0.15, 0.2) is 0 Å². The lowest BCUT2D eigenvalue weighted by molar-refractivity contribution is 0.364. The van der Waals surface area contributed by atoms with E-state index in [1.807, 2.05) is 6.07 Å². The number of halogens is 2. The highest BCUT2D eigenvalue weighted by molar-refractivity contribution is 9.11. The van der Waals surface area contributed by atoms with Crippen LogP contribution in [0.15, 0.2) is 25.7 Å². The van der Waals surface area contributed by atoms with E-state index in [2.05, 4.69) is 52.3 Å². The fourth-order valence-electron chi connectivity index (χ4n) is 2.15. The second-order valence-electron chi connectivity index (χ2n) is 4.49. The molecule has 3 rings (SSSR count). The monoisotopic (exact) mass is 386 g/mol. The van der Waals surface area contributed by atoms with Gasteiger partial charge in [-0.3, -0.25) is 4.98 Å². The van der Waals surface area contributed by atoms with Crippen LogP contribution in [0.2, 0.25) is 0 Å². The Labute approximate surface area is 127 Å². The summed E-state index contributed by atoms with van der Waals surface area (Å²) in [5.41, 5.74) is 0.692. The average molecular weight is 388 g/mol. The highest BCUT2D eigenvalue weighted by Crippen LogP contribution is 2.26. The van der Waals surface area contributed by atoms with Crippen LogP contribution in [0.25, 0.3) is 11.5 Å². The smallest absolute Gasteiger partial charge is 0.228 e. The van der Waals surface area contributed by atoms with Crippen molar-refractivity contribution in [1.29, 1.82) is 0 Å². The number of hydrogen-bond acceptors (Lipinski definition) is 5. The molecule has 0 saturated carbocycles. The standard InChI is InChI=1S/C12H12Br2N4O/c13-7-4-9(14)11(16-6-7)12-17-10(19-18-12)5-8-2-1-3-15-8/h4,6,8,15H,1-3,5H2. The number of nitrogens with one attached hydrogen (secondary N) is 1. The molecule has 1 fully saturated rings. The van der Waals surface area contributed by atoms with Crippen LogP contribution in [0.3, 0.4) is 0 Å². The largest absolute Gasteiger partial charge is 0.339 e. The van der Waals surface area contributed by atoms with E-state index in [0.717, 1.165) is 28.3 Å². The topological polar surface area (TPSA) is 63.8 Å². The Morgan fingerprint density at radius 3 is 3.05 bits per heavy atom. The minimum atomic E-state index is 0.453. The lowest BCUT2D eigenvalue weighted by Crippen LogP contribution is -2.23. The summed E-state index contributed by atoms with van der Waals surface area (Å²) in [7, 11) is 0. The molecule has 19 heavy (non-hydrogen) atoms. The van der Waals surface area contributed by atoms with Gasteiger partial charge in [0.05, 0.1) is 0 Å². The molecule has 5 nitrogen and oxygen atoms in total. The zero-order chi connectivity index (χ0) is 13.2. The lowest BCUT2D eigenvalue weighted by atomic mass is 10.1. The van der Waals surface area contributed by atoms with Crippen LogP contribution in [-0.4, -0.2) is 27.7 Å². The summed E-state index contributed by atoms with van der Waals surface area (Å²) < 4.78 is 7.04. The van der Waals surface area contributed by atoms with Gasteiger partial charge in [-0.05, 0) is 57.3 Å². The van der Waals surface area contributed by atoms with Gasteiger partial charge in [0.25, 0.3) is 0 Å². The van der Waals surface area contributed by atoms with Crippen molar-refractivity contribution in [2.45, 2.75) is 25.3 Å². The van der Waals surface area contributed by atoms with Gasteiger partial charge in [-0.25, -0.2) is 0 Å². The molecular formula is C12H12Br2N4O. The molecule has 100 valence electrons. The second-order valence-corrected chi connectivity index (χ2v) is 6.26. The first-order valence-electron chi connectivity index (χ1n) is 6.10. The predicted octanol–water partition coefficient (Wildman–Crippen LogP) is 2.95. The van der Waals surface area contributed by atoms with E-state index in [0.29, 0.717) is 23.5 Å². The van der Waals surface area contributed by atoms with Gasteiger partial charge in [0, 0.05) is 27.6 Å². The first-order valence-corrected chi connectivity index (χ1v) is 7.68. The Balaban J connectivity index is 1.80. The summed E-state index contributed by atoms with van der Waals surface area (Å²) >= 11 is 6.82. The summed E-state index contributed by atoms with van der Waals surface area (Å²) in [5, 5.41) is 7.41. The maximum Gasteiger partial charge on any atom is 0.228 e. The van der Waals surface area contributed by atoms with Gasteiger partial charge in [-0.1, -0.05) is 5.16 Å². The summed E-state index contributed by atoms with van der Waals surface area (Å²) in [6, 6.07) is 2.37. The zero-order valence-electron chi connectivity index (χ0n) is 10.1. The Bertz CT molecular complexity index is 581. The van der Waals surface area contributed by atoms with Crippen LogP contribution in [0.4, 0.5) is 0 Å². The van der Waals surface area contributed by atoms with E-state index in [9.17, 15) is 0 Å². The number of nitrogens with zero attached hydrogens (tertiary/aromatic N) is 3. The van der Waals surface area contributed by atoms with E-state index in [4.69, 9.17) is 4.52 Å². The highest BCUT2D eigenvalue weighted by Gasteiger charge is 2.19. The van der Waals surface area contributed by atoms with E-state index >= 15 is 0 Å². The first-order chi connectivity index (χ1) is 9.22. The van der Waals surface area contributed by atoms with Crippen molar-refractivity contribution in [2.24, 2.45) is 0 Å². The Kier molecular flexibility index (Phi) is 3.95. The van der Waals surface area contributed by atoms with E-state index in [1.54, 1.807) is 6.20 Å². The number of hydrogen-bond donors (Lipinski definition) is 1. The fraction of sp³-hybridized carbons (Fsp3) is 0.417. The average Bonchev–Trinajstić information content (AvgIpc) is 3.01. The van der Waals surface area contributed by atoms with Crippen molar-refractivity contribution in [2.75, 3.05) is 6.54 Å². The summed E-state index contributed by atoms with van der Waals surface area (Å²) in [6.45, 7) is 1.07. The van der Waals surface area contributed by atoms with Gasteiger partial charge >= 0.3 is 0 Å². The lowest BCUT2D eigenvalue weighted by Gasteiger charge is -2.04. The molecule has 2 aromatic heterocycles. The van der Waals surface area contributed by atoms with Crippen molar-refractivity contribution >= 4 is 31.9 Å². The van der Waals surface area contributed by atoms with Gasteiger partial charge < -0.3 is 9.84 Å². The molecule has 1 aliphatic heterocycles. The number of aromatic nitrogens is 3. The maximum atomic E-state index is 5.29. The van der Waals surface area contributed by atoms with Crippen LogP contribution in [0.1, 0.15) is 18.7 Å². The van der Waals surface area contributed by atoms with Crippen molar-refractivity contribution in [3.05, 3.63) is 27.1 Å². The van der Waals surface area contributed by atoms with Crippen LogP contribution < -0.4 is 5.32 Å². The maximum absolute atomic E-state index is 5.29. The van der Waals surface area contributed by atoms with Crippen molar-refractivity contribution < 1.29 is 4.52 Å². The number of pyridine rings is 1. The Hall–Kier alpha value is -0.790. The normalized spacial score (nSPS) is 18.9. The molecule has 1 N–H and O–H groups in total. The summed E-state index contributed by atoms with van der Waals surface area (Å²) in [4.78, 5) is 8.71. The molecule has 1 unspecified atom stereocenters. The van der Waals surface area contributed by atoms with E-state index in [-0.39, 0.29) is 0 Å². The van der Waals surface area contributed by atoms with Crippen molar-refractivity contribution in [3.63, 3.8) is 0 Å². The highest BCUT2D eigenvalue weighted by atomic mass is 79.9. The molecule has 7 heteroatoms. The quantitative estimate of drug-likeness (QED) is 0.877. The zero-order valence-corrected chi connectivity index (χ0v) is 13.2. The van der Waals surface area contributed by atoms with Crippen LogP contribution in [0.5, 0.6) is 0 Å². The van der Waals surface area contributed by atoms with Gasteiger partial charge in [-0.15, -0.1) is 0 Å². The third-order valence-corrected chi connectivity index (χ3v) is 4.11. The molecule has 0 bridgehead atoms. The molecule has 0 aliphatic carbocycles. The van der Waals surface area contributed by atoms with Crippen molar-refractivity contribution in [3.8, 4) is 11.5 Å². The second kappa shape index (κ2) is 5.68. The number of rotatable bonds is 3. The van der Waals surface area contributed by atoms with E-state index < -0.39 is 0 Å². The Morgan fingerprint density at radius 2 is 2.32 bits per heavy atom. The Morgan fingerprint density at radius 1 is 1.42 bits per heavy atom. The molecule has 3 heterocycles. The van der Waals surface area contributed by atoms with Crippen LogP contribution >= 0.6 is 31.9 Å². The van der Waals surface area contributed by atoms with Crippen LogP contribution in [-0.2, 0) is 6.42 Å². The molecule has 2 aromatic rings. The minimum Gasteiger partial charge on any atom is -0.339 e. The third-order valence-electron chi connectivity index (χ3n) is 3.07. The van der Waals surface area contributed by atoms with Gasteiger partial charge in [0.2, 0.25) is 11.7 Å². The molecule has 0 amide bonds. The third kappa shape index (κ3) is 3.04. The van der Waals surface area contributed by atoms with Gasteiger partial charge in [0.1, 0.15) is 5.69 Å². The molecular weight excluding hydrogens is 376 g/mol. The molecule has 1 saturated heterocycles. The molecule has 0 radical (unpaired) electrons. The fourth-order valence-corrected chi connectivity index (χ4v) is 3.32. The molecule has 0 spiro atoms. The van der Waals surface area contributed by atoms with Crippen LogP contribution in [0, 0.1) is 0 Å². The summed E-state index contributed by atoms with van der Waals surface area (Å²) in [5.74, 6) is 1.18. The SMILES string of the molecule is Brc1cnc(-c2noc(CC3CCCN3)n2)c(Br)c1. The molecule has 1 atom stereocenters. The summed E-state index contributed by atoms with van der Waals surface area (Å²) in [6.07, 6.45) is 4.87. The van der Waals surface area contributed by atoms with Gasteiger partial charge in [-0.2, -0.15) is 4.98 Å². The molecule has 1 aliphatic rings. The molecule has 0 aromatic carbocycles. The van der Waals surface area contributed by atoms with Crippen molar-refractivity contribution in [1.82, 2.24) is 20.4 Å². The predicted molar refractivity (Wildman–Crippen MR) is 77.7 cm³/mol. The first kappa shape index (κ1) is 13.2. The minimum absolute atomic E-state index is 0.453.